The molecular weight excluding hydrogens is 541 g/mol. The van der Waals surface area contributed by atoms with Gasteiger partial charge in [0.15, 0.2) is 0 Å². The molecule has 0 saturated heterocycles. The lowest BCUT2D eigenvalue weighted by molar-refractivity contribution is 1.00. The lowest BCUT2D eigenvalue weighted by Gasteiger charge is -2.19. The van der Waals surface area contributed by atoms with E-state index in [1.807, 2.05) is 47.7 Å². The highest BCUT2D eigenvalue weighted by Gasteiger charge is 2.20. The Bertz CT molecular complexity index is 2590. The highest BCUT2D eigenvalue weighted by molar-refractivity contribution is 7.25. The third kappa shape index (κ3) is 3.62. The van der Waals surface area contributed by atoms with Crippen LogP contribution < -0.4 is 0 Å². The fraction of sp³-hybridized carbons (Fsp3) is 0.0250. The average Bonchev–Trinajstić information content (AvgIpc) is 3.67. The normalized spacial score (nSPS) is 13.2. The molecule has 43 heavy (non-hydrogen) atoms. The first kappa shape index (κ1) is 21.5. The van der Waals surface area contributed by atoms with Gasteiger partial charge in [-0.1, -0.05) is 103 Å². The molecule has 3 heteroatoms. The number of hydrogen-bond donors (Lipinski definition) is 0. The number of para-hydroxylation sites is 2. The second-order valence-electron chi connectivity index (χ2n) is 10.9. The molecule has 0 amide bonds. The van der Waals surface area contributed by atoms with Crippen molar-refractivity contribution < 1.29 is 4.11 Å². The van der Waals surface area contributed by atoms with Crippen LogP contribution in [0.25, 0.3) is 80.7 Å². The monoisotopic (exact) mass is 569 g/mol. The second-order valence-corrected chi connectivity index (χ2v) is 12.0. The van der Waals surface area contributed by atoms with Crippen LogP contribution in [-0.2, 0) is 0 Å². The van der Waals surface area contributed by atoms with Crippen LogP contribution in [0.4, 0.5) is 0 Å². The summed E-state index contributed by atoms with van der Waals surface area (Å²) < 4.78 is 29.2. The van der Waals surface area contributed by atoms with Crippen molar-refractivity contribution in [3.63, 3.8) is 0 Å². The molecule has 7 aromatic carbocycles. The molecule has 0 radical (unpaired) electrons. The Labute approximate surface area is 257 Å². The topological polar surface area (TPSA) is 17.8 Å². The van der Waals surface area contributed by atoms with Crippen molar-refractivity contribution >= 4 is 64.1 Å². The van der Waals surface area contributed by atoms with Crippen LogP contribution in [0, 0.1) is 6.85 Å². The fourth-order valence-electron chi connectivity index (χ4n) is 6.80. The number of benzene rings is 7. The molecule has 0 spiro atoms. The summed E-state index contributed by atoms with van der Waals surface area (Å²) >= 11 is 1.84. The number of rotatable bonds is 3. The van der Waals surface area contributed by atoms with Gasteiger partial charge in [0, 0.05) is 30.0 Å². The van der Waals surface area contributed by atoms with Crippen molar-refractivity contribution in [1.29, 1.82) is 0 Å². The zero-order valence-electron chi connectivity index (χ0n) is 26.1. The molecule has 0 saturated carbocycles. The molecule has 0 atom stereocenters. The average molecular weight is 570 g/mol. The number of aromatic nitrogens is 2. The van der Waals surface area contributed by atoms with Crippen molar-refractivity contribution in [3.05, 3.63) is 145 Å². The molecule has 0 N–H and O–H groups in total. The Morgan fingerprint density at radius 1 is 0.581 bits per heavy atom. The van der Waals surface area contributed by atoms with Crippen LogP contribution in [0.5, 0.6) is 0 Å². The third-order valence-electron chi connectivity index (χ3n) is 8.56. The number of imidazole rings is 1. The molecule has 2 nitrogen and oxygen atoms in total. The van der Waals surface area contributed by atoms with E-state index in [1.54, 1.807) is 4.57 Å². The number of hydrogen-bond acceptors (Lipinski definition) is 2. The summed E-state index contributed by atoms with van der Waals surface area (Å²) in [5.74, 6) is 0.0620. The molecule has 0 bridgehead atoms. The summed E-state index contributed by atoms with van der Waals surface area (Å²) in [6.07, 6.45) is 0. The minimum absolute atomic E-state index is 0.0620. The highest BCUT2D eigenvalue weighted by Crippen LogP contribution is 2.47. The van der Waals surface area contributed by atoms with Crippen molar-refractivity contribution in [2.24, 2.45) is 0 Å². The Morgan fingerprint density at radius 2 is 1.21 bits per heavy atom. The van der Waals surface area contributed by atoms with Gasteiger partial charge < -0.3 is 0 Å². The number of thiophene rings is 1. The SMILES string of the molecule is [2H]C([2H])([2H])c1nc2ccccc2n1-c1cccc(-c2c3ccccc3c(-c3cccc4sc5ccccc5c34)c3ccccc23)c1. The predicted molar refractivity (Wildman–Crippen MR) is 185 cm³/mol. The predicted octanol–water partition coefficient (Wildman–Crippen LogP) is 11.3. The molecule has 202 valence electrons. The van der Waals surface area contributed by atoms with Crippen LogP contribution in [0.15, 0.2) is 140 Å². The summed E-state index contributed by atoms with van der Waals surface area (Å²) in [6.45, 7) is -2.37. The van der Waals surface area contributed by atoms with Gasteiger partial charge in [0.05, 0.1) is 11.0 Å². The first-order valence-electron chi connectivity index (χ1n) is 15.9. The van der Waals surface area contributed by atoms with E-state index >= 15 is 0 Å². The van der Waals surface area contributed by atoms with Crippen molar-refractivity contribution in [3.8, 4) is 27.9 Å². The van der Waals surface area contributed by atoms with E-state index in [1.165, 1.54) is 42.1 Å². The van der Waals surface area contributed by atoms with Crippen molar-refractivity contribution in [2.75, 3.05) is 0 Å². The van der Waals surface area contributed by atoms with Crippen molar-refractivity contribution in [1.82, 2.24) is 9.55 Å². The van der Waals surface area contributed by atoms with Crippen LogP contribution in [-0.4, -0.2) is 9.55 Å². The Balaban J connectivity index is 1.36. The lowest BCUT2D eigenvalue weighted by atomic mass is 9.85. The molecule has 0 unspecified atom stereocenters. The summed E-state index contributed by atoms with van der Waals surface area (Å²) in [5, 5.41) is 7.23. The van der Waals surface area contributed by atoms with Gasteiger partial charge in [0.1, 0.15) is 5.82 Å². The van der Waals surface area contributed by atoms with Crippen LogP contribution in [0.2, 0.25) is 0 Å². The van der Waals surface area contributed by atoms with Crippen LogP contribution in [0.1, 0.15) is 9.94 Å². The van der Waals surface area contributed by atoms with E-state index in [-0.39, 0.29) is 5.82 Å². The van der Waals surface area contributed by atoms with Gasteiger partial charge in [-0.2, -0.15) is 0 Å². The standard InChI is InChI=1S/C40H26N2S/c1-25-41-34-20-7-8-21-35(34)42(25)27-13-10-12-26(24-27)38-28-14-2-4-16-30(28)39(31-17-5-3-15-29(31)38)33-19-11-23-37-40(33)32-18-6-9-22-36(32)43-37/h2-24H,1H3/i1D3. The Morgan fingerprint density at radius 3 is 1.98 bits per heavy atom. The van der Waals surface area contributed by atoms with Gasteiger partial charge in [-0.3, -0.25) is 4.57 Å². The van der Waals surface area contributed by atoms with Crippen LogP contribution in [0.3, 0.4) is 0 Å². The second kappa shape index (κ2) is 9.38. The molecule has 0 aliphatic heterocycles. The minimum atomic E-state index is -2.37. The fourth-order valence-corrected chi connectivity index (χ4v) is 7.93. The Kier molecular flexibility index (Phi) is 4.68. The number of nitrogens with zero attached hydrogens (tertiary/aromatic N) is 2. The summed E-state index contributed by atoms with van der Waals surface area (Å²) in [7, 11) is 0. The molecule has 2 heterocycles. The minimum Gasteiger partial charge on any atom is -0.297 e. The third-order valence-corrected chi connectivity index (χ3v) is 9.69. The summed E-state index contributed by atoms with van der Waals surface area (Å²) in [4.78, 5) is 4.55. The largest absolute Gasteiger partial charge is 0.297 e. The molecular formula is C40H26N2S. The zero-order valence-corrected chi connectivity index (χ0v) is 23.9. The molecule has 0 fully saturated rings. The number of aryl methyl sites for hydroxylation is 1. The quantitative estimate of drug-likeness (QED) is 0.194. The molecule has 0 aliphatic rings. The van der Waals surface area contributed by atoms with Crippen molar-refractivity contribution in [2.45, 2.75) is 6.85 Å². The molecule has 9 aromatic rings. The Hall–Kier alpha value is -5.25. The van der Waals surface area contributed by atoms with Crippen LogP contribution >= 0.6 is 11.3 Å². The molecule has 0 aliphatic carbocycles. The van der Waals surface area contributed by atoms with Gasteiger partial charge in [-0.25, -0.2) is 4.98 Å². The van der Waals surface area contributed by atoms with E-state index < -0.39 is 6.85 Å². The maximum absolute atomic E-state index is 8.28. The zero-order chi connectivity index (χ0) is 31.0. The van der Waals surface area contributed by atoms with Gasteiger partial charge in [-0.05, 0) is 87.0 Å². The maximum atomic E-state index is 8.28. The van der Waals surface area contributed by atoms with Gasteiger partial charge >= 0.3 is 0 Å². The molecule has 9 rings (SSSR count). The summed E-state index contributed by atoms with van der Waals surface area (Å²) in [6, 6.07) is 48.4. The maximum Gasteiger partial charge on any atom is 0.111 e. The number of fused-ring (bicyclic) bond motifs is 6. The van der Waals surface area contributed by atoms with E-state index in [2.05, 4.69) is 108 Å². The first-order chi connectivity index (χ1) is 22.5. The van der Waals surface area contributed by atoms with Gasteiger partial charge in [0.25, 0.3) is 0 Å². The van der Waals surface area contributed by atoms with Gasteiger partial charge in [-0.15, -0.1) is 11.3 Å². The smallest absolute Gasteiger partial charge is 0.111 e. The summed E-state index contributed by atoms with van der Waals surface area (Å²) in [5.41, 5.74) is 6.80. The lowest BCUT2D eigenvalue weighted by Crippen LogP contribution is -1.97. The highest BCUT2D eigenvalue weighted by atomic mass is 32.1. The van der Waals surface area contributed by atoms with E-state index in [9.17, 15) is 0 Å². The first-order valence-corrected chi connectivity index (χ1v) is 15.2. The van der Waals surface area contributed by atoms with E-state index in [0.717, 1.165) is 33.1 Å². The van der Waals surface area contributed by atoms with Gasteiger partial charge in [0.2, 0.25) is 0 Å². The van der Waals surface area contributed by atoms with E-state index in [0.29, 0.717) is 5.52 Å². The molecule has 2 aromatic heterocycles. The van der Waals surface area contributed by atoms with E-state index in [4.69, 9.17) is 4.11 Å².